The Hall–Kier alpha value is -1.56. The molecule has 1 aromatic heterocycles. The number of pyridine rings is 1. The minimum atomic E-state index is -0.574. The zero-order chi connectivity index (χ0) is 14.9. The highest BCUT2D eigenvalue weighted by Crippen LogP contribution is 2.37. The Morgan fingerprint density at radius 2 is 2.25 bits per heavy atom. The smallest absolute Gasteiger partial charge is 0.258 e. The van der Waals surface area contributed by atoms with Gasteiger partial charge in [-0.2, -0.15) is 0 Å². The van der Waals surface area contributed by atoms with Crippen molar-refractivity contribution in [2.24, 2.45) is 0 Å². The number of benzene rings is 1. The number of nitrogens with zero attached hydrogens (tertiary/aromatic N) is 2. The van der Waals surface area contributed by atoms with Crippen molar-refractivity contribution in [3.8, 4) is 0 Å². The van der Waals surface area contributed by atoms with Gasteiger partial charge in [0.25, 0.3) is 5.69 Å². The molecule has 6 heteroatoms. The third-order valence-electron chi connectivity index (χ3n) is 3.42. The number of halogens is 2. The van der Waals surface area contributed by atoms with E-state index in [-0.39, 0.29) is 16.4 Å². The van der Waals surface area contributed by atoms with E-state index in [0.717, 1.165) is 6.07 Å². The van der Waals surface area contributed by atoms with Gasteiger partial charge >= 0.3 is 0 Å². The predicted molar refractivity (Wildman–Crippen MR) is 79.8 cm³/mol. The highest BCUT2D eigenvalue weighted by Gasteiger charge is 2.26. The van der Waals surface area contributed by atoms with Crippen molar-refractivity contribution in [1.29, 1.82) is 0 Å². The van der Waals surface area contributed by atoms with E-state index in [1.807, 2.05) is 13.8 Å². The minimum absolute atomic E-state index is 0.0497. The summed E-state index contributed by atoms with van der Waals surface area (Å²) in [7, 11) is 0. The van der Waals surface area contributed by atoms with Gasteiger partial charge < -0.3 is 0 Å². The Bertz CT molecular complexity index is 661. The Morgan fingerprint density at radius 1 is 1.55 bits per heavy atom. The molecular formula is C14H14BrFN2O2. The predicted octanol–water partition coefficient (Wildman–Crippen LogP) is 4.56. The highest BCUT2D eigenvalue weighted by atomic mass is 79.9. The van der Waals surface area contributed by atoms with Crippen molar-refractivity contribution in [2.75, 3.05) is 0 Å². The number of rotatable bonds is 4. The Labute approximate surface area is 124 Å². The lowest BCUT2D eigenvalue weighted by atomic mass is 9.90. The van der Waals surface area contributed by atoms with Crippen molar-refractivity contribution in [2.45, 2.75) is 31.0 Å². The van der Waals surface area contributed by atoms with Gasteiger partial charge in [-0.1, -0.05) is 29.8 Å². The molecule has 2 aromatic rings. The lowest BCUT2D eigenvalue weighted by molar-refractivity contribution is -0.383. The summed E-state index contributed by atoms with van der Waals surface area (Å²) in [6.45, 7) is 3.89. The highest BCUT2D eigenvalue weighted by molar-refractivity contribution is 9.09. The molecule has 4 nitrogen and oxygen atoms in total. The molecular weight excluding hydrogens is 327 g/mol. The molecule has 0 amide bonds. The number of non-ortho nitro benzene ring substituents is 1. The molecule has 1 heterocycles. The maximum Gasteiger partial charge on any atom is 0.281 e. The number of aromatic nitrogens is 1. The third-order valence-corrected chi connectivity index (χ3v) is 4.06. The second-order valence-electron chi connectivity index (χ2n) is 4.64. The maximum absolute atomic E-state index is 14.4. The number of nitro benzene ring substituents is 1. The van der Waals surface area contributed by atoms with E-state index >= 15 is 0 Å². The van der Waals surface area contributed by atoms with E-state index in [0.29, 0.717) is 22.9 Å². The molecule has 106 valence electrons. The second-order valence-corrected chi connectivity index (χ2v) is 6.08. The van der Waals surface area contributed by atoms with Crippen molar-refractivity contribution >= 4 is 32.5 Å². The molecule has 0 radical (unpaired) electrons. The topological polar surface area (TPSA) is 56.0 Å². The SMILES string of the molecule is CCC(c1c(F)cc([N+](=O)[O-])c2cccnc12)C(C)Br. The van der Waals surface area contributed by atoms with Gasteiger partial charge in [-0.05, 0) is 18.6 Å². The normalized spacial score (nSPS) is 14.2. The van der Waals surface area contributed by atoms with Crippen molar-refractivity contribution in [3.63, 3.8) is 0 Å². The first-order valence-electron chi connectivity index (χ1n) is 6.33. The molecule has 1 aromatic carbocycles. The summed E-state index contributed by atoms with van der Waals surface area (Å²) in [5, 5.41) is 11.4. The van der Waals surface area contributed by atoms with Crippen LogP contribution in [0.3, 0.4) is 0 Å². The van der Waals surface area contributed by atoms with Crippen molar-refractivity contribution in [3.05, 3.63) is 45.9 Å². The number of fused-ring (bicyclic) bond motifs is 1. The summed E-state index contributed by atoms with van der Waals surface area (Å²) in [4.78, 5) is 14.7. The Balaban J connectivity index is 2.82. The average Bonchev–Trinajstić information content (AvgIpc) is 2.41. The molecule has 0 aliphatic heterocycles. The standard InChI is InChI=1S/C14H14BrFN2O2/c1-3-9(8(2)15)13-11(16)7-12(18(19)20)10-5-4-6-17-14(10)13/h4-9H,3H2,1-2H3. The minimum Gasteiger partial charge on any atom is -0.258 e. The molecule has 2 rings (SSSR count). The average molecular weight is 341 g/mol. The summed E-state index contributed by atoms with van der Waals surface area (Å²) in [6.07, 6.45) is 2.24. The second kappa shape index (κ2) is 5.83. The molecule has 0 bridgehead atoms. The van der Waals surface area contributed by atoms with Gasteiger partial charge in [-0.15, -0.1) is 0 Å². The number of hydrogen-bond donors (Lipinski definition) is 0. The van der Waals surface area contributed by atoms with Gasteiger partial charge in [-0.25, -0.2) is 4.39 Å². The molecule has 2 unspecified atom stereocenters. The van der Waals surface area contributed by atoms with Crippen LogP contribution in [0.25, 0.3) is 10.9 Å². The Kier molecular flexibility index (Phi) is 4.32. The van der Waals surface area contributed by atoms with Crippen LogP contribution < -0.4 is 0 Å². The van der Waals surface area contributed by atoms with E-state index in [4.69, 9.17) is 0 Å². The van der Waals surface area contributed by atoms with Crippen LogP contribution in [0.2, 0.25) is 0 Å². The van der Waals surface area contributed by atoms with Gasteiger partial charge in [0.05, 0.1) is 21.9 Å². The summed E-state index contributed by atoms with van der Waals surface area (Å²) in [6, 6.07) is 4.22. The molecule has 20 heavy (non-hydrogen) atoms. The number of nitro groups is 1. The van der Waals surface area contributed by atoms with E-state index in [9.17, 15) is 14.5 Å². The molecule has 0 N–H and O–H groups in total. The monoisotopic (exact) mass is 340 g/mol. The van der Waals surface area contributed by atoms with Crippen LogP contribution in [0, 0.1) is 15.9 Å². The lowest BCUT2D eigenvalue weighted by Crippen LogP contribution is -2.12. The van der Waals surface area contributed by atoms with E-state index in [2.05, 4.69) is 20.9 Å². The molecule has 0 aliphatic carbocycles. The fourth-order valence-corrected chi connectivity index (χ4v) is 3.12. The first-order chi connectivity index (χ1) is 9.47. The first kappa shape index (κ1) is 14.8. The van der Waals surface area contributed by atoms with Gasteiger partial charge in [0.2, 0.25) is 0 Å². The summed E-state index contributed by atoms with van der Waals surface area (Å²) in [5.41, 5.74) is 0.571. The largest absolute Gasteiger partial charge is 0.281 e. The van der Waals surface area contributed by atoms with E-state index in [1.165, 1.54) is 6.20 Å². The molecule has 0 fully saturated rings. The molecule has 0 aliphatic rings. The lowest BCUT2D eigenvalue weighted by Gasteiger charge is -2.20. The van der Waals surface area contributed by atoms with Crippen molar-refractivity contribution < 1.29 is 9.31 Å². The number of alkyl halides is 1. The molecule has 0 saturated carbocycles. The van der Waals surface area contributed by atoms with Crippen LogP contribution in [-0.2, 0) is 0 Å². The summed E-state index contributed by atoms with van der Waals surface area (Å²) < 4.78 is 14.4. The summed E-state index contributed by atoms with van der Waals surface area (Å²) in [5.74, 6) is -0.658. The first-order valence-corrected chi connectivity index (χ1v) is 7.24. The van der Waals surface area contributed by atoms with Crippen LogP contribution in [0.15, 0.2) is 24.4 Å². The van der Waals surface area contributed by atoms with Crippen LogP contribution in [0.1, 0.15) is 31.7 Å². The molecule has 2 atom stereocenters. The third kappa shape index (κ3) is 2.52. The van der Waals surface area contributed by atoms with Gasteiger partial charge in [0, 0.05) is 22.5 Å². The van der Waals surface area contributed by atoms with Gasteiger partial charge in [0.15, 0.2) is 0 Å². The van der Waals surface area contributed by atoms with Crippen LogP contribution >= 0.6 is 15.9 Å². The fourth-order valence-electron chi connectivity index (χ4n) is 2.48. The molecule has 0 saturated heterocycles. The zero-order valence-corrected chi connectivity index (χ0v) is 12.7. The van der Waals surface area contributed by atoms with Crippen LogP contribution in [-0.4, -0.2) is 14.7 Å². The summed E-state index contributed by atoms with van der Waals surface area (Å²) >= 11 is 3.48. The van der Waals surface area contributed by atoms with Crippen molar-refractivity contribution in [1.82, 2.24) is 4.98 Å². The van der Waals surface area contributed by atoms with Crippen LogP contribution in [0.5, 0.6) is 0 Å². The zero-order valence-electron chi connectivity index (χ0n) is 11.1. The molecule has 0 spiro atoms. The van der Waals surface area contributed by atoms with E-state index in [1.54, 1.807) is 12.1 Å². The maximum atomic E-state index is 14.4. The number of hydrogen-bond acceptors (Lipinski definition) is 3. The van der Waals surface area contributed by atoms with Gasteiger partial charge in [-0.3, -0.25) is 15.1 Å². The van der Waals surface area contributed by atoms with Crippen LogP contribution in [0.4, 0.5) is 10.1 Å². The van der Waals surface area contributed by atoms with E-state index < -0.39 is 10.7 Å². The van der Waals surface area contributed by atoms with Gasteiger partial charge in [0.1, 0.15) is 5.82 Å². The fraction of sp³-hybridized carbons (Fsp3) is 0.357. The Morgan fingerprint density at radius 3 is 2.80 bits per heavy atom. The quantitative estimate of drug-likeness (QED) is 0.465.